The lowest BCUT2D eigenvalue weighted by Crippen LogP contribution is -2.25. The molecule has 0 aliphatic carbocycles. The summed E-state index contributed by atoms with van der Waals surface area (Å²) in [6.07, 6.45) is 2.44. The van der Waals surface area contributed by atoms with Gasteiger partial charge in [-0.25, -0.2) is 0 Å². The van der Waals surface area contributed by atoms with Gasteiger partial charge in [-0.15, -0.1) is 0 Å². The molecule has 1 rings (SSSR count). The van der Waals surface area contributed by atoms with E-state index >= 15 is 0 Å². The van der Waals surface area contributed by atoms with E-state index in [0.29, 0.717) is 10.6 Å². The third-order valence-corrected chi connectivity index (χ3v) is 2.23. The van der Waals surface area contributed by atoms with Crippen molar-refractivity contribution >= 4 is 11.6 Å². The summed E-state index contributed by atoms with van der Waals surface area (Å²) in [4.78, 5) is 3.90. The maximum Gasteiger partial charge on any atom is 0.0956 e. The molecule has 0 aliphatic heterocycles. The van der Waals surface area contributed by atoms with Crippen LogP contribution in [0, 0.1) is 6.92 Å². The Morgan fingerprint density at radius 2 is 2.15 bits per heavy atom. The average Bonchev–Trinajstić information content (AvgIpc) is 2.03. The predicted octanol–water partition coefficient (Wildman–Crippen LogP) is 1.42. The third-order valence-electron chi connectivity index (χ3n) is 1.93. The van der Waals surface area contributed by atoms with Crippen molar-refractivity contribution < 1.29 is 5.11 Å². The molecule has 1 aromatic rings. The van der Waals surface area contributed by atoms with Crippen molar-refractivity contribution in [3.63, 3.8) is 0 Å². The minimum atomic E-state index is -0.726. The Labute approximate surface area is 82.5 Å². The van der Waals surface area contributed by atoms with Crippen molar-refractivity contribution in [3.8, 4) is 0 Å². The van der Waals surface area contributed by atoms with Crippen LogP contribution in [0.15, 0.2) is 12.4 Å². The molecule has 0 saturated heterocycles. The van der Waals surface area contributed by atoms with E-state index < -0.39 is 6.10 Å². The van der Waals surface area contributed by atoms with Crippen LogP contribution in [0.5, 0.6) is 0 Å². The molecular formula is C9H13ClN2O. The number of rotatable bonds is 2. The first-order chi connectivity index (χ1) is 6.04. The summed E-state index contributed by atoms with van der Waals surface area (Å²) in [6, 6.07) is -0.335. The van der Waals surface area contributed by atoms with Crippen molar-refractivity contribution in [1.82, 2.24) is 4.98 Å². The largest absolute Gasteiger partial charge is 0.387 e. The third kappa shape index (κ3) is 2.18. The number of hydrogen-bond donors (Lipinski definition) is 2. The van der Waals surface area contributed by atoms with E-state index in [9.17, 15) is 5.11 Å². The molecule has 0 radical (unpaired) electrons. The van der Waals surface area contributed by atoms with Crippen LogP contribution in [-0.4, -0.2) is 16.1 Å². The monoisotopic (exact) mass is 200 g/mol. The summed E-state index contributed by atoms with van der Waals surface area (Å²) >= 11 is 5.89. The molecule has 2 unspecified atom stereocenters. The number of aromatic nitrogens is 1. The second-order valence-corrected chi connectivity index (χ2v) is 3.56. The fourth-order valence-corrected chi connectivity index (χ4v) is 1.50. The number of halogens is 1. The van der Waals surface area contributed by atoms with E-state index in [2.05, 4.69) is 4.98 Å². The van der Waals surface area contributed by atoms with Gasteiger partial charge in [-0.1, -0.05) is 11.6 Å². The highest BCUT2D eigenvalue weighted by atomic mass is 35.5. The quantitative estimate of drug-likeness (QED) is 0.759. The predicted molar refractivity (Wildman–Crippen MR) is 52.6 cm³/mol. The Balaban J connectivity index is 3.12. The molecule has 3 N–H and O–H groups in total. The number of pyridine rings is 1. The van der Waals surface area contributed by atoms with Crippen LogP contribution in [0.2, 0.25) is 5.02 Å². The van der Waals surface area contributed by atoms with Crippen LogP contribution >= 0.6 is 11.6 Å². The molecule has 0 amide bonds. The van der Waals surface area contributed by atoms with Crippen molar-refractivity contribution in [1.29, 1.82) is 0 Å². The maximum absolute atomic E-state index is 9.72. The van der Waals surface area contributed by atoms with Gasteiger partial charge in [0.1, 0.15) is 0 Å². The summed E-state index contributed by atoms with van der Waals surface area (Å²) in [6.45, 7) is 3.58. The van der Waals surface area contributed by atoms with Crippen LogP contribution < -0.4 is 5.73 Å². The van der Waals surface area contributed by atoms with Gasteiger partial charge in [0.15, 0.2) is 0 Å². The van der Waals surface area contributed by atoms with Crippen molar-refractivity contribution in [2.75, 3.05) is 0 Å². The summed E-state index contributed by atoms with van der Waals surface area (Å²) < 4.78 is 0. The smallest absolute Gasteiger partial charge is 0.0956 e. The summed E-state index contributed by atoms with van der Waals surface area (Å²) in [5.74, 6) is 0. The van der Waals surface area contributed by atoms with Crippen LogP contribution in [-0.2, 0) is 0 Å². The van der Waals surface area contributed by atoms with Crippen LogP contribution in [0.25, 0.3) is 0 Å². The van der Waals surface area contributed by atoms with E-state index in [1.54, 1.807) is 13.1 Å². The number of nitrogens with two attached hydrogens (primary N) is 1. The molecule has 13 heavy (non-hydrogen) atoms. The highest BCUT2D eigenvalue weighted by Gasteiger charge is 2.17. The van der Waals surface area contributed by atoms with Gasteiger partial charge in [-0.2, -0.15) is 0 Å². The van der Waals surface area contributed by atoms with Gasteiger partial charge in [0.2, 0.25) is 0 Å². The average molecular weight is 201 g/mol. The Bertz CT molecular complexity index is 281. The summed E-state index contributed by atoms with van der Waals surface area (Å²) in [5.41, 5.74) is 7.11. The molecule has 0 aromatic carbocycles. The number of aliphatic hydroxyl groups excluding tert-OH is 1. The Morgan fingerprint density at radius 3 is 2.62 bits per heavy atom. The highest BCUT2D eigenvalue weighted by molar-refractivity contribution is 6.31. The lowest BCUT2D eigenvalue weighted by atomic mass is 10.0. The molecule has 0 aliphatic rings. The van der Waals surface area contributed by atoms with Gasteiger partial charge in [-0.3, -0.25) is 4.98 Å². The normalized spacial score (nSPS) is 15.5. The number of aliphatic hydroxyl groups is 1. The molecule has 2 atom stereocenters. The SMILES string of the molecule is Cc1cncc(Cl)c1C(O)C(C)N. The second-order valence-electron chi connectivity index (χ2n) is 3.16. The fourth-order valence-electron chi connectivity index (χ4n) is 1.18. The first-order valence-electron chi connectivity index (χ1n) is 4.07. The second kappa shape index (κ2) is 4.05. The molecule has 0 fully saturated rings. The van der Waals surface area contributed by atoms with Gasteiger partial charge in [0.05, 0.1) is 11.1 Å². The number of hydrogen-bond acceptors (Lipinski definition) is 3. The molecule has 1 heterocycles. The Hall–Kier alpha value is -0.640. The molecule has 1 aromatic heterocycles. The summed E-state index contributed by atoms with van der Waals surface area (Å²) in [5, 5.41) is 10.2. The molecule has 3 nitrogen and oxygen atoms in total. The zero-order valence-corrected chi connectivity index (χ0v) is 8.42. The Morgan fingerprint density at radius 1 is 1.54 bits per heavy atom. The molecule has 4 heteroatoms. The maximum atomic E-state index is 9.72. The first kappa shape index (κ1) is 10.4. The van der Waals surface area contributed by atoms with E-state index in [1.807, 2.05) is 6.92 Å². The standard InChI is InChI=1S/C9H13ClN2O/c1-5-3-12-4-7(10)8(5)9(13)6(2)11/h3-4,6,9,13H,11H2,1-2H3. The van der Waals surface area contributed by atoms with Crippen LogP contribution in [0.1, 0.15) is 24.2 Å². The molecule has 0 saturated carbocycles. The van der Waals surface area contributed by atoms with Crippen molar-refractivity contribution in [2.24, 2.45) is 5.73 Å². The Kier molecular flexibility index (Phi) is 3.25. The van der Waals surface area contributed by atoms with Gasteiger partial charge in [-0.05, 0) is 19.4 Å². The first-order valence-corrected chi connectivity index (χ1v) is 4.45. The highest BCUT2D eigenvalue weighted by Crippen LogP contribution is 2.26. The van der Waals surface area contributed by atoms with Gasteiger partial charge in [0.25, 0.3) is 0 Å². The number of nitrogens with zero attached hydrogens (tertiary/aromatic N) is 1. The van der Waals surface area contributed by atoms with Crippen LogP contribution in [0.4, 0.5) is 0 Å². The van der Waals surface area contributed by atoms with E-state index in [0.717, 1.165) is 5.56 Å². The zero-order valence-electron chi connectivity index (χ0n) is 7.66. The van der Waals surface area contributed by atoms with Gasteiger partial charge < -0.3 is 10.8 Å². The molecule has 0 spiro atoms. The minimum Gasteiger partial charge on any atom is -0.387 e. The molecular weight excluding hydrogens is 188 g/mol. The fraction of sp³-hybridized carbons (Fsp3) is 0.444. The lowest BCUT2D eigenvalue weighted by Gasteiger charge is -2.17. The lowest BCUT2D eigenvalue weighted by molar-refractivity contribution is 0.152. The zero-order chi connectivity index (χ0) is 10.0. The van der Waals surface area contributed by atoms with Crippen molar-refractivity contribution in [3.05, 3.63) is 28.5 Å². The minimum absolute atomic E-state index is 0.335. The molecule has 0 bridgehead atoms. The topological polar surface area (TPSA) is 59.1 Å². The van der Waals surface area contributed by atoms with Gasteiger partial charge >= 0.3 is 0 Å². The van der Waals surface area contributed by atoms with Gasteiger partial charge in [0, 0.05) is 24.0 Å². The van der Waals surface area contributed by atoms with Crippen molar-refractivity contribution in [2.45, 2.75) is 26.0 Å². The molecule has 72 valence electrons. The van der Waals surface area contributed by atoms with E-state index in [4.69, 9.17) is 17.3 Å². The van der Waals surface area contributed by atoms with E-state index in [-0.39, 0.29) is 6.04 Å². The van der Waals surface area contributed by atoms with Crippen LogP contribution in [0.3, 0.4) is 0 Å². The number of aryl methyl sites for hydroxylation is 1. The summed E-state index contributed by atoms with van der Waals surface area (Å²) in [7, 11) is 0. The van der Waals surface area contributed by atoms with E-state index in [1.165, 1.54) is 6.20 Å².